The number of benzene rings is 1. The molecule has 1 amide bonds. The molecule has 0 unspecified atom stereocenters. The number of carbonyl (C=O) groups excluding carboxylic acids is 1. The van der Waals surface area contributed by atoms with Crippen molar-refractivity contribution in [1.82, 2.24) is 5.32 Å². The summed E-state index contributed by atoms with van der Waals surface area (Å²) in [7, 11) is 0. The molecule has 0 radical (unpaired) electrons. The molecule has 3 N–H and O–H groups in total. The van der Waals surface area contributed by atoms with Crippen LogP contribution in [0.1, 0.15) is 28.4 Å². The molecule has 0 aliphatic rings. The number of hydrogen-bond donors (Lipinski definition) is 3. The molecule has 0 heterocycles. The highest BCUT2D eigenvalue weighted by Gasteiger charge is 2.25. The number of aliphatic hydroxyl groups is 2. The van der Waals surface area contributed by atoms with Gasteiger partial charge in [0.15, 0.2) is 0 Å². The minimum absolute atomic E-state index is 0.293. The smallest absolute Gasteiger partial charge is 0.251 e. The Morgan fingerprint density at radius 2 is 1.82 bits per heavy atom. The standard InChI is InChI=1S/C13H19NO3/c1-9-4-5-11(6-10(9)2)12(17)14-13(3,7-15)8-16/h4-6,15-16H,7-8H2,1-3H3,(H,14,17). The van der Waals surface area contributed by atoms with Gasteiger partial charge in [0.25, 0.3) is 5.91 Å². The Bertz CT molecular complexity index is 411. The van der Waals surface area contributed by atoms with Crippen LogP contribution in [0.3, 0.4) is 0 Å². The van der Waals surface area contributed by atoms with Crippen molar-refractivity contribution in [2.45, 2.75) is 26.3 Å². The summed E-state index contributed by atoms with van der Waals surface area (Å²) in [4.78, 5) is 11.9. The first-order valence-electron chi connectivity index (χ1n) is 5.53. The third-order valence-corrected chi connectivity index (χ3v) is 2.88. The Labute approximate surface area is 101 Å². The molecular formula is C13H19NO3. The third-order valence-electron chi connectivity index (χ3n) is 2.88. The quantitative estimate of drug-likeness (QED) is 0.724. The van der Waals surface area contributed by atoms with Gasteiger partial charge >= 0.3 is 0 Å². The van der Waals surface area contributed by atoms with E-state index < -0.39 is 5.54 Å². The Balaban J connectivity index is 2.86. The average molecular weight is 237 g/mol. The van der Waals surface area contributed by atoms with Crippen molar-refractivity contribution in [3.8, 4) is 0 Å². The molecule has 1 rings (SSSR count). The largest absolute Gasteiger partial charge is 0.394 e. The van der Waals surface area contributed by atoms with Crippen molar-refractivity contribution in [3.05, 3.63) is 34.9 Å². The Kier molecular flexibility index (Phi) is 4.26. The van der Waals surface area contributed by atoms with Crippen LogP contribution in [0.5, 0.6) is 0 Å². The van der Waals surface area contributed by atoms with Gasteiger partial charge in [-0.3, -0.25) is 4.79 Å². The van der Waals surface area contributed by atoms with Crippen LogP contribution in [0, 0.1) is 13.8 Å². The van der Waals surface area contributed by atoms with Gasteiger partial charge in [0, 0.05) is 5.56 Å². The van der Waals surface area contributed by atoms with Crippen molar-refractivity contribution in [3.63, 3.8) is 0 Å². The lowest BCUT2D eigenvalue weighted by Crippen LogP contribution is -2.51. The van der Waals surface area contributed by atoms with Gasteiger partial charge in [-0.1, -0.05) is 6.07 Å². The maximum absolute atomic E-state index is 11.9. The van der Waals surface area contributed by atoms with Gasteiger partial charge in [-0.15, -0.1) is 0 Å². The van der Waals surface area contributed by atoms with E-state index in [4.69, 9.17) is 10.2 Å². The maximum Gasteiger partial charge on any atom is 0.251 e. The molecule has 0 saturated carbocycles. The van der Waals surface area contributed by atoms with E-state index in [1.807, 2.05) is 19.9 Å². The summed E-state index contributed by atoms with van der Waals surface area (Å²) in [6, 6.07) is 5.39. The number of aliphatic hydroxyl groups excluding tert-OH is 2. The molecule has 0 spiro atoms. The number of nitrogens with one attached hydrogen (secondary N) is 1. The summed E-state index contributed by atoms with van der Waals surface area (Å²) in [5.74, 6) is -0.293. The van der Waals surface area contributed by atoms with Crippen LogP contribution >= 0.6 is 0 Å². The first-order chi connectivity index (χ1) is 7.91. The molecule has 1 aromatic carbocycles. The molecular weight excluding hydrogens is 218 g/mol. The lowest BCUT2D eigenvalue weighted by molar-refractivity contribution is 0.0724. The zero-order chi connectivity index (χ0) is 13.1. The average Bonchev–Trinajstić information content (AvgIpc) is 2.32. The highest BCUT2D eigenvalue weighted by atomic mass is 16.3. The summed E-state index contributed by atoms with van der Waals surface area (Å²) >= 11 is 0. The highest BCUT2D eigenvalue weighted by molar-refractivity contribution is 5.95. The van der Waals surface area contributed by atoms with E-state index in [0.717, 1.165) is 11.1 Å². The van der Waals surface area contributed by atoms with Gasteiger partial charge in [-0.2, -0.15) is 0 Å². The summed E-state index contributed by atoms with van der Waals surface area (Å²) in [5.41, 5.74) is 1.69. The van der Waals surface area contributed by atoms with E-state index in [1.54, 1.807) is 19.1 Å². The predicted octanol–water partition coefficient (Wildman–Crippen LogP) is 0.777. The van der Waals surface area contributed by atoms with E-state index in [0.29, 0.717) is 5.56 Å². The lowest BCUT2D eigenvalue weighted by atomic mass is 10.0. The molecule has 94 valence electrons. The van der Waals surface area contributed by atoms with Crippen LogP contribution in [0.25, 0.3) is 0 Å². The Morgan fingerprint density at radius 1 is 1.24 bits per heavy atom. The van der Waals surface area contributed by atoms with Crippen LogP contribution in [0.2, 0.25) is 0 Å². The normalized spacial score (nSPS) is 11.4. The first kappa shape index (κ1) is 13.7. The fourth-order valence-corrected chi connectivity index (χ4v) is 1.36. The van der Waals surface area contributed by atoms with Crippen molar-refractivity contribution in [2.24, 2.45) is 0 Å². The van der Waals surface area contributed by atoms with Gasteiger partial charge in [-0.05, 0) is 44.0 Å². The summed E-state index contributed by atoms with van der Waals surface area (Å²) < 4.78 is 0. The Morgan fingerprint density at radius 3 is 2.29 bits per heavy atom. The van der Waals surface area contributed by atoms with Crippen LogP contribution in [0.15, 0.2) is 18.2 Å². The molecule has 17 heavy (non-hydrogen) atoms. The fourth-order valence-electron chi connectivity index (χ4n) is 1.36. The topological polar surface area (TPSA) is 69.6 Å². The molecule has 0 bridgehead atoms. The second kappa shape index (κ2) is 5.29. The predicted molar refractivity (Wildman–Crippen MR) is 66.0 cm³/mol. The van der Waals surface area contributed by atoms with Gasteiger partial charge in [-0.25, -0.2) is 0 Å². The molecule has 4 heteroatoms. The van der Waals surface area contributed by atoms with Crippen LogP contribution in [0.4, 0.5) is 0 Å². The second-order valence-corrected chi connectivity index (χ2v) is 4.63. The van der Waals surface area contributed by atoms with Gasteiger partial charge in [0.05, 0.1) is 18.8 Å². The minimum atomic E-state index is -0.990. The zero-order valence-corrected chi connectivity index (χ0v) is 10.4. The fraction of sp³-hybridized carbons (Fsp3) is 0.462. The maximum atomic E-state index is 11.9. The summed E-state index contributed by atoms with van der Waals surface area (Å²) in [5, 5.41) is 20.8. The van der Waals surface area contributed by atoms with Crippen molar-refractivity contribution < 1.29 is 15.0 Å². The third kappa shape index (κ3) is 3.28. The van der Waals surface area contributed by atoms with E-state index >= 15 is 0 Å². The van der Waals surface area contributed by atoms with E-state index in [1.165, 1.54) is 0 Å². The summed E-state index contributed by atoms with van der Waals surface area (Å²) in [6.07, 6.45) is 0. The van der Waals surface area contributed by atoms with Crippen molar-refractivity contribution >= 4 is 5.91 Å². The molecule has 0 aliphatic carbocycles. The lowest BCUT2D eigenvalue weighted by Gasteiger charge is -2.26. The van der Waals surface area contributed by atoms with E-state index in [9.17, 15) is 4.79 Å². The molecule has 0 aromatic heterocycles. The molecule has 0 atom stereocenters. The zero-order valence-electron chi connectivity index (χ0n) is 10.4. The van der Waals surface area contributed by atoms with Crippen LogP contribution in [-0.4, -0.2) is 34.9 Å². The number of amides is 1. The van der Waals surface area contributed by atoms with Crippen molar-refractivity contribution in [1.29, 1.82) is 0 Å². The number of rotatable bonds is 4. The second-order valence-electron chi connectivity index (χ2n) is 4.63. The minimum Gasteiger partial charge on any atom is -0.394 e. The van der Waals surface area contributed by atoms with Crippen LogP contribution < -0.4 is 5.32 Å². The number of aryl methyl sites for hydroxylation is 2. The van der Waals surface area contributed by atoms with Crippen molar-refractivity contribution in [2.75, 3.05) is 13.2 Å². The Hall–Kier alpha value is -1.39. The van der Waals surface area contributed by atoms with Crippen LogP contribution in [-0.2, 0) is 0 Å². The number of hydrogen-bond acceptors (Lipinski definition) is 3. The highest BCUT2D eigenvalue weighted by Crippen LogP contribution is 2.11. The number of carbonyl (C=O) groups is 1. The van der Waals surface area contributed by atoms with Gasteiger partial charge in [0.2, 0.25) is 0 Å². The molecule has 0 fully saturated rings. The van der Waals surface area contributed by atoms with Gasteiger partial charge in [0.1, 0.15) is 0 Å². The molecule has 0 saturated heterocycles. The van der Waals surface area contributed by atoms with Gasteiger partial charge < -0.3 is 15.5 Å². The molecule has 0 aliphatic heterocycles. The monoisotopic (exact) mass is 237 g/mol. The molecule has 1 aromatic rings. The molecule has 4 nitrogen and oxygen atoms in total. The summed E-state index contributed by atoms with van der Waals surface area (Å²) in [6.45, 7) is 4.89. The first-order valence-corrected chi connectivity index (χ1v) is 5.53. The van der Waals surface area contributed by atoms with E-state index in [2.05, 4.69) is 5.32 Å². The SMILES string of the molecule is Cc1ccc(C(=O)NC(C)(CO)CO)cc1C. The van der Waals surface area contributed by atoms with E-state index in [-0.39, 0.29) is 19.1 Å².